The van der Waals surface area contributed by atoms with E-state index < -0.39 is 0 Å². The summed E-state index contributed by atoms with van der Waals surface area (Å²) < 4.78 is 5.84. The Morgan fingerprint density at radius 2 is 1.83 bits per heavy atom. The normalized spacial score (nSPS) is 39.1. The lowest BCUT2D eigenvalue weighted by Crippen LogP contribution is -2.64. The van der Waals surface area contributed by atoms with Crippen molar-refractivity contribution in [2.75, 3.05) is 19.7 Å². The molecule has 0 aromatic rings. The number of nitrogens with zero attached hydrogens (tertiary/aromatic N) is 1. The first-order chi connectivity index (χ1) is 11.0. The van der Waals surface area contributed by atoms with Gasteiger partial charge in [0.25, 0.3) is 0 Å². The molecule has 3 aliphatic rings. The highest BCUT2D eigenvalue weighted by atomic mass is 16.5. The molecule has 0 radical (unpaired) electrons. The summed E-state index contributed by atoms with van der Waals surface area (Å²) in [7, 11) is 0. The molecule has 4 nitrogen and oxygen atoms in total. The first-order valence-corrected chi connectivity index (χ1v) is 9.82. The van der Waals surface area contributed by atoms with E-state index in [2.05, 4.69) is 31.0 Å². The van der Waals surface area contributed by atoms with Crippen molar-refractivity contribution in [2.45, 2.75) is 96.1 Å². The molecular weight excluding hydrogens is 288 g/mol. The lowest BCUT2D eigenvalue weighted by atomic mass is 9.64. The van der Waals surface area contributed by atoms with Crippen LogP contribution in [0.25, 0.3) is 0 Å². The molecule has 23 heavy (non-hydrogen) atoms. The van der Waals surface area contributed by atoms with E-state index in [-0.39, 0.29) is 11.5 Å². The van der Waals surface area contributed by atoms with Crippen molar-refractivity contribution in [2.24, 2.45) is 5.41 Å². The SMILES string of the molecule is CCOC1CC(NC2CCN(C3CCCCC3O)CC2)C1(C)C. The van der Waals surface area contributed by atoms with Crippen LogP contribution >= 0.6 is 0 Å². The van der Waals surface area contributed by atoms with Gasteiger partial charge in [-0.25, -0.2) is 0 Å². The molecule has 2 saturated carbocycles. The van der Waals surface area contributed by atoms with E-state index in [4.69, 9.17) is 4.74 Å². The van der Waals surface area contributed by atoms with Crippen molar-refractivity contribution in [3.63, 3.8) is 0 Å². The summed E-state index contributed by atoms with van der Waals surface area (Å²) in [5.74, 6) is 0. The maximum Gasteiger partial charge on any atom is 0.0695 e. The summed E-state index contributed by atoms with van der Waals surface area (Å²) >= 11 is 0. The number of hydrogen-bond donors (Lipinski definition) is 2. The largest absolute Gasteiger partial charge is 0.391 e. The van der Waals surface area contributed by atoms with Crippen LogP contribution in [0.4, 0.5) is 0 Å². The van der Waals surface area contributed by atoms with Gasteiger partial charge in [0.15, 0.2) is 0 Å². The molecule has 0 amide bonds. The highest BCUT2D eigenvalue weighted by Gasteiger charge is 2.49. The Morgan fingerprint density at radius 3 is 2.43 bits per heavy atom. The van der Waals surface area contributed by atoms with Gasteiger partial charge in [0, 0.05) is 43.2 Å². The number of aliphatic hydroxyl groups is 1. The van der Waals surface area contributed by atoms with Crippen LogP contribution in [0.15, 0.2) is 0 Å². The maximum atomic E-state index is 10.3. The zero-order valence-corrected chi connectivity index (χ0v) is 15.3. The standard InChI is InChI=1S/C19H36N2O2/c1-4-23-18-13-17(19(18,2)3)20-14-9-11-21(12-10-14)15-7-5-6-8-16(15)22/h14-18,20,22H,4-13H2,1-3H3. The van der Waals surface area contributed by atoms with E-state index in [9.17, 15) is 5.11 Å². The number of likely N-dealkylation sites (tertiary alicyclic amines) is 1. The van der Waals surface area contributed by atoms with Crippen LogP contribution in [0.2, 0.25) is 0 Å². The molecule has 0 aromatic heterocycles. The molecule has 0 spiro atoms. The predicted octanol–water partition coefficient (Wildman–Crippen LogP) is 2.55. The van der Waals surface area contributed by atoms with Crippen LogP contribution in [0.5, 0.6) is 0 Å². The first kappa shape index (κ1) is 17.7. The molecule has 4 atom stereocenters. The van der Waals surface area contributed by atoms with E-state index in [1.807, 2.05) is 0 Å². The number of ether oxygens (including phenoxy) is 1. The lowest BCUT2D eigenvalue weighted by molar-refractivity contribution is -0.118. The maximum absolute atomic E-state index is 10.3. The van der Waals surface area contributed by atoms with Crippen LogP contribution in [-0.2, 0) is 4.74 Å². The second kappa shape index (κ2) is 7.38. The molecule has 0 aromatic carbocycles. The summed E-state index contributed by atoms with van der Waals surface area (Å²) in [4.78, 5) is 2.55. The molecule has 3 fully saturated rings. The second-order valence-corrected chi connectivity index (χ2v) is 8.45. The van der Waals surface area contributed by atoms with Crippen molar-refractivity contribution < 1.29 is 9.84 Å². The molecule has 4 unspecified atom stereocenters. The number of nitrogens with one attached hydrogen (secondary N) is 1. The Kier molecular flexibility index (Phi) is 5.67. The summed E-state index contributed by atoms with van der Waals surface area (Å²) in [5, 5.41) is 14.2. The quantitative estimate of drug-likeness (QED) is 0.816. The molecule has 1 heterocycles. The van der Waals surface area contributed by atoms with Crippen molar-refractivity contribution in [3.05, 3.63) is 0 Å². The summed E-state index contributed by atoms with van der Waals surface area (Å²) in [6.45, 7) is 9.86. The van der Waals surface area contributed by atoms with Crippen molar-refractivity contribution in [3.8, 4) is 0 Å². The minimum atomic E-state index is -0.0919. The third-order valence-electron chi connectivity index (χ3n) is 6.67. The van der Waals surface area contributed by atoms with Crippen LogP contribution in [0.1, 0.15) is 65.7 Å². The first-order valence-electron chi connectivity index (χ1n) is 9.82. The molecule has 3 rings (SSSR count). The van der Waals surface area contributed by atoms with E-state index in [1.165, 1.54) is 32.1 Å². The van der Waals surface area contributed by atoms with Crippen molar-refractivity contribution in [1.29, 1.82) is 0 Å². The minimum absolute atomic E-state index is 0.0919. The molecule has 0 bridgehead atoms. The van der Waals surface area contributed by atoms with E-state index in [0.717, 1.165) is 32.5 Å². The predicted molar refractivity (Wildman–Crippen MR) is 93.6 cm³/mol. The van der Waals surface area contributed by atoms with Crippen molar-refractivity contribution >= 4 is 0 Å². The van der Waals surface area contributed by atoms with Gasteiger partial charge < -0.3 is 15.2 Å². The lowest BCUT2D eigenvalue weighted by Gasteiger charge is -2.53. The fourth-order valence-electron chi connectivity index (χ4n) is 4.85. The summed E-state index contributed by atoms with van der Waals surface area (Å²) in [5.41, 5.74) is 0.257. The average molecular weight is 325 g/mol. The van der Waals surface area contributed by atoms with E-state index in [0.29, 0.717) is 24.2 Å². The average Bonchev–Trinajstić information content (AvgIpc) is 2.55. The van der Waals surface area contributed by atoms with Gasteiger partial charge in [-0.15, -0.1) is 0 Å². The van der Waals surface area contributed by atoms with Crippen LogP contribution in [-0.4, -0.2) is 60.0 Å². The number of piperidine rings is 1. The van der Waals surface area contributed by atoms with Gasteiger partial charge >= 0.3 is 0 Å². The molecular formula is C19H36N2O2. The van der Waals surface area contributed by atoms with Gasteiger partial charge in [0.1, 0.15) is 0 Å². The van der Waals surface area contributed by atoms with E-state index >= 15 is 0 Å². The van der Waals surface area contributed by atoms with Crippen LogP contribution in [0, 0.1) is 5.41 Å². The second-order valence-electron chi connectivity index (χ2n) is 8.45. The topological polar surface area (TPSA) is 44.7 Å². The summed E-state index contributed by atoms with van der Waals surface area (Å²) in [6.07, 6.45) is 8.59. The van der Waals surface area contributed by atoms with Gasteiger partial charge in [-0.3, -0.25) is 4.90 Å². The van der Waals surface area contributed by atoms with Gasteiger partial charge in [-0.1, -0.05) is 26.7 Å². The van der Waals surface area contributed by atoms with Gasteiger partial charge in [-0.2, -0.15) is 0 Å². The van der Waals surface area contributed by atoms with Gasteiger partial charge in [0.05, 0.1) is 12.2 Å². The Labute approximate surface area is 142 Å². The molecule has 2 N–H and O–H groups in total. The van der Waals surface area contributed by atoms with Crippen LogP contribution in [0.3, 0.4) is 0 Å². The third-order valence-corrected chi connectivity index (χ3v) is 6.67. The Hall–Kier alpha value is -0.160. The number of aliphatic hydroxyl groups excluding tert-OH is 1. The Bertz CT molecular complexity index is 380. The Balaban J connectivity index is 1.43. The van der Waals surface area contributed by atoms with Gasteiger partial charge in [0.2, 0.25) is 0 Å². The zero-order valence-electron chi connectivity index (χ0n) is 15.3. The summed E-state index contributed by atoms with van der Waals surface area (Å²) in [6, 6.07) is 1.65. The highest BCUT2D eigenvalue weighted by Crippen LogP contribution is 2.43. The number of rotatable bonds is 5. The van der Waals surface area contributed by atoms with E-state index in [1.54, 1.807) is 0 Å². The monoisotopic (exact) mass is 324 g/mol. The highest BCUT2D eigenvalue weighted by molar-refractivity contribution is 5.04. The van der Waals surface area contributed by atoms with Crippen molar-refractivity contribution in [1.82, 2.24) is 10.2 Å². The molecule has 1 aliphatic heterocycles. The third kappa shape index (κ3) is 3.76. The fourth-order valence-corrected chi connectivity index (χ4v) is 4.85. The molecule has 4 heteroatoms. The molecule has 2 aliphatic carbocycles. The van der Waals surface area contributed by atoms with Crippen LogP contribution < -0.4 is 5.32 Å². The Morgan fingerprint density at radius 1 is 1.13 bits per heavy atom. The molecule has 134 valence electrons. The number of hydrogen-bond acceptors (Lipinski definition) is 4. The fraction of sp³-hybridized carbons (Fsp3) is 1.00. The minimum Gasteiger partial charge on any atom is -0.391 e. The smallest absolute Gasteiger partial charge is 0.0695 e. The van der Waals surface area contributed by atoms with Gasteiger partial charge in [-0.05, 0) is 39.0 Å². The molecule has 1 saturated heterocycles. The zero-order chi connectivity index (χ0) is 16.4.